The Morgan fingerprint density at radius 3 is 2.25 bits per heavy atom. The van der Waals surface area contributed by atoms with E-state index in [-0.39, 0.29) is 30.3 Å². The van der Waals surface area contributed by atoms with Crippen molar-refractivity contribution in [1.29, 1.82) is 0 Å². The summed E-state index contributed by atoms with van der Waals surface area (Å²) >= 11 is 0. The SMILES string of the molecule is CC(C)C(NC(=O)C(C)C1CNC1)c1ccccc1.Cl. The minimum atomic E-state index is 0. The van der Waals surface area contributed by atoms with E-state index in [1.54, 1.807) is 0 Å². The van der Waals surface area contributed by atoms with Crippen LogP contribution in [0.2, 0.25) is 0 Å². The van der Waals surface area contributed by atoms with Crippen molar-refractivity contribution in [3.05, 3.63) is 35.9 Å². The van der Waals surface area contributed by atoms with Crippen molar-refractivity contribution >= 4 is 18.3 Å². The zero-order chi connectivity index (χ0) is 13.8. The summed E-state index contributed by atoms with van der Waals surface area (Å²) in [5, 5.41) is 6.44. The first-order valence-electron chi connectivity index (χ1n) is 7.15. The van der Waals surface area contributed by atoms with Crippen LogP contribution in [0.4, 0.5) is 0 Å². The van der Waals surface area contributed by atoms with E-state index in [9.17, 15) is 4.79 Å². The van der Waals surface area contributed by atoms with Crippen LogP contribution in [-0.2, 0) is 4.79 Å². The molecule has 4 heteroatoms. The zero-order valence-electron chi connectivity index (χ0n) is 12.4. The largest absolute Gasteiger partial charge is 0.349 e. The molecule has 1 aliphatic heterocycles. The number of halogens is 1. The maximum Gasteiger partial charge on any atom is 0.223 e. The zero-order valence-corrected chi connectivity index (χ0v) is 13.2. The third kappa shape index (κ3) is 3.97. The van der Waals surface area contributed by atoms with Gasteiger partial charge in [-0.25, -0.2) is 0 Å². The molecule has 0 aromatic heterocycles. The van der Waals surface area contributed by atoms with Gasteiger partial charge in [-0.15, -0.1) is 12.4 Å². The van der Waals surface area contributed by atoms with E-state index in [1.807, 2.05) is 25.1 Å². The van der Waals surface area contributed by atoms with Crippen LogP contribution in [0.1, 0.15) is 32.4 Å². The number of carbonyl (C=O) groups excluding carboxylic acids is 1. The van der Waals surface area contributed by atoms with Crippen molar-refractivity contribution in [3.8, 4) is 0 Å². The average molecular weight is 297 g/mol. The fourth-order valence-corrected chi connectivity index (χ4v) is 2.46. The molecule has 112 valence electrons. The van der Waals surface area contributed by atoms with Gasteiger partial charge in [0.05, 0.1) is 6.04 Å². The highest BCUT2D eigenvalue weighted by atomic mass is 35.5. The number of benzene rings is 1. The van der Waals surface area contributed by atoms with Gasteiger partial charge < -0.3 is 10.6 Å². The molecule has 2 unspecified atom stereocenters. The first-order chi connectivity index (χ1) is 9.09. The number of amides is 1. The molecule has 0 bridgehead atoms. The lowest BCUT2D eigenvalue weighted by molar-refractivity contribution is -0.127. The van der Waals surface area contributed by atoms with Crippen LogP contribution in [0, 0.1) is 17.8 Å². The lowest BCUT2D eigenvalue weighted by Gasteiger charge is -2.33. The molecule has 0 aliphatic carbocycles. The van der Waals surface area contributed by atoms with E-state index in [4.69, 9.17) is 0 Å². The third-order valence-electron chi connectivity index (χ3n) is 4.06. The van der Waals surface area contributed by atoms with Crippen molar-refractivity contribution in [1.82, 2.24) is 10.6 Å². The standard InChI is InChI=1S/C16H24N2O.ClH/c1-11(2)15(13-7-5-4-6-8-13)18-16(19)12(3)14-9-17-10-14;/h4-8,11-12,14-15,17H,9-10H2,1-3H3,(H,18,19);1H. The molecule has 1 saturated heterocycles. The number of hydrogen-bond donors (Lipinski definition) is 2. The van der Waals surface area contributed by atoms with Crippen molar-refractivity contribution in [2.45, 2.75) is 26.8 Å². The molecule has 0 spiro atoms. The maximum atomic E-state index is 12.3. The Balaban J connectivity index is 0.00000200. The fraction of sp³-hybridized carbons (Fsp3) is 0.562. The highest BCUT2D eigenvalue weighted by Gasteiger charge is 2.30. The number of carbonyl (C=O) groups is 1. The van der Waals surface area contributed by atoms with E-state index in [1.165, 1.54) is 5.56 Å². The number of nitrogens with one attached hydrogen (secondary N) is 2. The molecule has 3 nitrogen and oxygen atoms in total. The molecule has 2 N–H and O–H groups in total. The van der Waals surface area contributed by atoms with Crippen LogP contribution in [0.25, 0.3) is 0 Å². The molecular formula is C16H25ClN2O. The topological polar surface area (TPSA) is 41.1 Å². The molecule has 1 heterocycles. The van der Waals surface area contributed by atoms with Crippen LogP contribution in [0.3, 0.4) is 0 Å². The van der Waals surface area contributed by atoms with Gasteiger partial charge in [-0.2, -0.15) is 0 Å². The highest BCUT2D eigenvalue weighted by molar-refractivity contribution is 5.85. The molecule has 1 fully saturated rings. The summed E-state index contributed by atoms with van der Waals surface area (Å²) in [6, 6.07) is 10.3. The van der Waals surface area contributed by atoms with Gasteiger partial charge in [0.25, 0.3) is 0 Å². The summed E-state index contributed by atoms with van der Waals surface area (Å²) in [6.45, 7) is 8.25. The van der Waals surface area contributed by atoms with Gasteiger partial charge in [0.2, 0.25) is 5.91 Å². The molecule has 2 rings (SSSR count). The van der Waals surface area contributed by atoms with Gasteiger partial charge in [0, 0.05) is 5.92 Å². The quantitative estimate of drug-likeness (QED) is 0.877. The molecule has 20 heavy (non-hydrogen) atoms. The van der Waals surface area contributed by atoms with Crippen LogP contribution in [-0.4, -0.2) is 19.0 Å². The average Bonchev–Trinajstić information content (AvgIpc) is 2.34. The van der Waals surface area contributed by atoms with Crippen molar-refractivity contribution in [2.75, 3.05) is 13.1 Å². The molecule has 0 saturated carbocycles. The van der Waals surface area contributed by atoms with Crippen LogP contribution >= 0.6 is 12.4 Å². The third-order valence-corrected chi connectivity index (χ3v) is 4.06. The Hall–Kier alpha value is -1.06. The number of rotatable bonds is 5. The van der Waals surface area contributed by atoms with Crippen molar-refractivity contribution in [2.24, 2.45) is 17.8 Å². The van der Waals surface area contributed by atoms with Gasteiger partial charge in [-0.3, -0.25) is 4.79 Å². The molecule has 1 aliphatic rings. The first-order valence-corrected chi connectivity index (χ1v) is 7.15. The Kier molecular flexibility index (Phi) is 6.50. The second-order valence-corrected chi connectivity index (χ2v) is 5.85. The maximum absolute atomic E-state index is 12.3. The number of hydrogen-bond acceptors (Lipinski definition) is 2. The summed E-state index contributed by atoms with van der Waals surface area (Å²) in [4.78, 5) is 12.3. The normalized spacial score (nSPS) is 17.8. The highest BCUT2D eigenvalue weighted by Crippen LogP contribution is 2.23. The van der Waals surface area contributed by atoms with Crippen molar-refractivity contribution in [3.63, 3.8) is 0 Å². The molecule has 1 aromatic rings. The first kappa shape index (κ1) is 17.0. The van der Waals surface area contributed by atoms with E-state index in [2.05, 4.69) is 36.6 Å². The molecular weight excluding hydrogens is 272 g/mol. The summed E-state index contributed by atoms with van der Waals surface area (Å²) in [5.41, 5.74) is 1.18. The monoisotopic (exact) mass is 296 g/mol. The van der Waals surface area contributed by atoms with Gasteiger partial charge in [0.1, 0.15) is 0 Å². The summed E-state index contributed by atoms with van der Waals surface area (Å²) in [7, 11) is 0. The second kappa shape index (κ2) is 7.65. The lowest BCUT2D eigenvalue weighted by atomic mass is 9.87. The fourth-order valence-electron chi connectivity index (χ4n) is 2.46. The smallest absolute Gasteiger partial charge is 0.223 e. The Morgan fingerprint density at radius 1 is 1.20 bits per heavy atom. The molecule has 0 radical (unpaired) electrons. The predicted molar refractivity (Wildman–Crippen MR) is 84.9 cm³/mol. The summed E-state index contributed by atoms with van der Waals surface area (Å²) in [6.07, 6.45) is 0. The van der Waals surface area contributed by atoms with Crippen LogP contribution in [0.15, 0.2) is 30.3 Å². The molecule has 1 aromatic carbocycles. The van der Waals surface area contributed by atoms with Crippen LogP contribution in [0.5, 0.6) is 0 Å². The molecule has 1 amide bonds. The minimum absolute atomic E-state index is 0. The summed E-state index contributed by atoms with van der Waals surface area (Å²) in [5.74, 6) is 1.14. The van der Waals surface area contributed by atoms with E-state index >= 15 is 0 Å². The van der Waals surface area contributed by atoms with Gasteiger partial charge in [0.15, 0.2) is 0 Å². The van der Waals surface area contributed by atoms with Gasteiger partial charge in [-0.05, 0) is 30.5 Å². The second-order valence-electron chi connectivity index (χ2n) is 5.85. The Labute approximate surface area is 127 Å². The van der Waals surface area contributed by atoms with E-state index in [0.29, 0.717) is 11.8 Å². The molecule has 2 atom stereocenters. The lowest BCUT2D eigenvalue weighted by Crippen LogP contribution is -2.50. The van der Waals surface area contributed by atoms with Gasteiger partial charge in [-0.1, -0.05) is 51.1 Å². The van der Waals surface area contributed by atoms with Crippen molar-refractivity contribution < 1.29 is 4.79 Å². The van der Waals surface area contributed by atoms with E-state index in [0.717, 1.165) is 13.1 Å². The van der Waals surface area contributed by atoms with Gasteiger partial charge >= 0.3 is 0 Å². The Bertz CT molecular complexity index is 418. The van der Waals surface area contributed by atoms with Crippen LogP contribution < -0.4 is 10.6 Å². The predicted octanol–water partition coefficient (Wildman–Crippen LogP) is 2.78. The van der Waals surface area contributed by atoms with E-state index < -0.39 is 0 Å². The minimum Gasteiger partial charge on any atom is -0.349 e. The Morgan fingerprint density at radius 2 is 1.80 bits per heavy atom. The summed E-state index contributed by atoms with van der Waals surface area (Å²) < 4.78 is 0.